The molecule has 2 aromatic rings. The predicted octanol–water partition coefficient (Wildman–Crippen LogP) is 2.99. The maximum atomic E-state index is 13.1. The lowest BCUT2D eigenvalue weighted by Crippen LogP contribution is -2.01. The predicted molar refractivity (Wildman–Crippen MR) is 70.6 cm³/mol. The maximum Gasteiger partial charge on any atom is 0.123 e. The van der Waals surface area contributed by atoms with Crippen LogP contribution in [0.25, 0.3) is 0 Å². The van der Waals surface area contributed by atoms with E-state index in [4.69, 9.17) is 0 Å². The molecule has 1 heterocycles. The summed E-state index contributed by atoms with van der Waals surface area (Å²) in [6.45, 7) is 0. The van der Waals surface area contributed by atoms with Gasteiger partial charge in [-0.05, 0) is 42.2 Å². The summed E-state index contributed by atoms with van der Waals surface area (Å²) in [6, 6.07) is 4.33. The second kappa shape index (κ2) is 5.63. The number of aryl methyl sites for hydroxylation is 2. The lowest BCUT2D eigenvalue weighted by molar-refractivity contribution is 0.166. The van der Waals surface area contributed by atoms with E-state index in [0.717, 1.165) is 10.0 Å². The van der Waals surface area contributed by atoms with Crippen molar-refractivity contribution >= 4 is 15.9 Å². The average Bonchev–Trinajstić information content (AvgIpc) is 2.75. The summed E-state index contributed by atoms with van der Waals surface area (Å²) in [4.78, 5) is 0. The molecule has 2 rings (SSSR count). The molecule has 1 unspecified atom stereocenters. The molecule has 0 amide bonds. The van der Waals surface area contributed by atoms with Crippen molar-refractivity contribution in [2.24, 2.45) is 7.05 Å². The number of aliphatic hydroxyl groups excluding tert-OH is 1. The van der Waals surface area contributed by atoms with Crippen LogP contribution in [0, 0.1) is 5.82 Å². The molecule has 3 nitrogen and oxygen atoms in total. The van der Waals surface area contributed by atoms with E-state index in [1.807, 2.05) is 13.2 Å². The van der Waals surface area contributed by atoms with Crippen molar-refractivity contribution in [1.82, 2.24) is 9.78 Å². The van der Waals surface area contributed by atoms with Crippen molar-refractivity contribution in [2.75, 3.05) is 0 Å². The topological polar surface area (TPSA) is 38.0 Å². The Hall–Kier alpha value is -1.20. The molecule has 18 heavy (non-hydrogen) atoms. The van der Waals surface area contributed by atoms with E-state index in [2.05, 4.69) is 21.0 Å². The van der Waals surface area contributed by atoms with E-state index in [0.29, 0.717) is 18.4 Å². The lowest BCUT2D eigenvalue weighted by atomic mass is 10.0. The number of hydrogen-bond acceptors (Lipinski definition) is 2. The molecule has 1 atom stereocenters. The van der Waals surface area contributed by atoms with Crippen LogP contribution in [0.15, 0.2) is 35.1 Å². The monoisotopic (exact) mass is 312 g/mol. The minimum atomic E-state index is -0.685. The Morgan fingerprint density at radius 3 is 2.94 bits per heavy atom. The van der Waals surface area contributed by atoms with Gasteiger partial charge >= 0.3 is 0 Å². The van der Waals surface area contributed by atoms with Crippen molar-refractivity contribution in [3.63, 3.8) is 0 Å². The second-order valence-corrected chi connectivity index (χ2v) is 5.10. The minimum Gasteiger partial charge on any atom is -0.388 e. The average molecular weight is 313 g/mol. The highest BCUT2D eigenvalue weighted by Gasteiger charge is 2.12. The number of halogens is 2. The van der Waals surface area contributed by atoms with E-state index in [1.165, 1.54) is 12.1 Å². The molecular weight excluding hydrogens is 299 g/mol. The summed E-state index contributed by atoms with van der Waals surface area (Å²) in [5.74, 6) is -0.339. The molecule has 0 saturated carbocycles. The fraction of sp³-hybridized carbons (Fsp3) is 0.308. The second-order valence-electron chi connectivity index (χ2n) is 4.24. The van der Waals surface area contributed by atoms with Gasteiger partial charge in [-0.2, -0.15) is 5.10 Å². The highest BCUT2D eigenvalue weighted by atomic mass is 79.9. The van der Waals surface area contributed by atoms with Crippen molar-refractivity contribution in [3.05, 3.63) is 52.0 Å². The largest absolute Gasteiger partial charge is 0.388 e. The summed E-state index contributed by atoms with van der Waals surface area (Å²) >= 11 is 3.32. The number of aliphatic hydroxyl groups is 1. The lowest BCUT2D eigenvalue weighted by Gasteiger charge is -2.12. The quantitative estimate of drug-likeness (QED) is 0.942. The highest BCUT2D eigenvalue weighted by molar-refractivity contribution is 9.10. The molecule has 1 N–H and O–H groups in total. The van der Waals surface area contributed by atoms with Crippen molar-refractivity contribution in [2.45, 2.75) is 18.9 Å². The third-order valence-electron chi connectivity index (χ3n) is 2.78. The number of hydrogen-bond donors (Lipinski definition) is 1. The minimum absolute atomic E-state index is 0.339. The van der Waals surface area contributed by atoms with Gasteiger partial charge in [0.2, 0.25) is 0 Å². The van der Waals surface area contributed by atoms with Crippen LogP contribution in [0.1, 0.15) is 23.7 Å². The third-order valence-corrected chi connectivity index (χ3v) is 3.50. The van der Waals surface area contributed by atoms with Gasteiger partial charge in [0.25, 0.3) is 0 Å². The van der Waals surface area contributed by atoms with E-state index < -0.39 is 6.10 Å². The number of aromatic nitrogens is 2. The highest BCUT2D eigenvalue weighted by Crippen LogP contribution is 2.27. The van der Waals surface area contributed by atoms with Crippen molar-refractivity contribution in [3.8, 4) is 0 Å². The van der Waals surface area contributed by atoms with Gasteiger partial charge in [-0.1, -0.05) is 15.9 Å². The Morgan fingerprint density at radius 1 is 1.50 bits per heavy atom. The Balaban J connectivity index is 2.03. The molecule has 5 heteroatoms. The molecule has 0 saturated heterocycles. The number of benzene rings is 1. The van der Waals surface area contributed by atoms with Gasteiger partial charge < -0.3 is 5.11 Å². The molecular formula is C13H14BrFN2O. The van der Waals surface area contributed by atoms with Gasteiger partial charge in [0.05, 0.1) is 12.3 Å². The molecule has 96 valence electrons. The summed E-state index contributed by atoms with van der Waals surface area (Å²) in [7, 11) is 1.85. The first-order chi connectivity index (χ1) is 8.56. The van der Waals surface area contributed by atoms with E-state index in [1.54, 1.807) is 16.9 Å². The molecule has 1 aromatic carbocycles. The molecule has 0 spiro atoms. The Bertz CT molecular complexity index is 542. The van der Waals surface area contributed by atoms with Crippen LogP contribution in [-0.4, -0.2) is 14.9 Å². The van der Waals surface area contributed by atoms with E-state index >= 15 is 0 Å². The molecule has 0 fully saturated rings. The fourth-order valence-corrected chi connectivity index (χ4v) is 2.34. The van der Waals surface area contributed by atoms with Gasteiger partial charge in [0.1, 0.15) is 5.82 Å². The van der Waals surface area contributed by atoms with Crippen LogP contribution < -0.4 is 0 Å². The van der Waals surface area contributed by atoms with Crippen LogP contribution in [-0.2, 0) is 13.5 Å². The Morgan fingerprint density at radius 2 is 2.28 bits per heavy atom. The van der Waals surface area contributed by atoms with Gasteiger partial charge in [0.15, 0.2) is 0 Å². The van der Waals surface area contributed by atoms with E-state index in [-0.39, 0.29) is 5.82 Å². The first kappa shape index (κ1) is 13.2. The van der Waals surface area contributed by atoms with Crippen LogP contribution in [0.5, 0.6) is 0 Å². The zero-order valence-electron chi connectivity index (χ0n) is 9.98. The number of rotatable bonds is 4. The maximum absolute atomic E-state index is 13.1. The number of nitrogens with zero attached hydrogens (tertiary/aromatic N) is 2. The summed E-state index contributed by atoms with van der Waals surface area (Å²) in [5.41, 5.74) is 1.64. The SMILES string of the molecule is Cn1cc(CCC(O)c2cc(F)ccc2Br)cn1. The third kappa shape index (κ3) is 3.17. The van der Waals surface area contributed by atoms with Gasteiger partial charge in [-0.3, -0.25) is 4.68 Å². The van der Waals surface area contributed by atoms with Crippen molar-refractivity contribution < 1.29 is 9.50 Å². The molecule has 0 aliphatic rings. The summed E-state index contributed by atoms with van der Waals surface area (Å²) in [6.07, 6.45) is 4.24. The van der Waals surface area contributed by atoms with Gasteiger partial charge in [0, 0.05) is 17.7 Å². The normalized spacial score (nSPS) is 12.7. The van der Waals surface area contributed by atoms with Crippen LogP contribution >= 0.6 is 15.9 Å². The first-order valence-electron chi connectivity index (χ1n) is 5.67. The first-order valence-corrected chi connectivity index (χ1v) is 6.46. The molecule has 0 aliphatic heterocycles. The summed E-state index contributed by atoms with van der Waals surface area (Å²) < 4.78 is 15.6. The smallest absolute Gasteiger partial charge is 0.123 e. The van der Waals surface area contributed by atoms with Crippen LogP contribution in [0.4, 0.5) is 4.39 Å². The van der Waals surface area contributed by atoms with Gasteiger partial charge in [-0.15, -0.1) is 0 Å². The molecule has 0 bridgehead atoms. The Labute approximate surface area is 113 Å². The molecule has 1 aromatic heterocycles. The standard InChI is InChI=1S/C13H14BrFN2O/c1-17-8-9(7-16-17)2-5-13(18)11-6-10(15)3-4-12(11)14/h3-4,6-8,13,18H,2,5H2,1H3. The van der Waals surface area contributed by atoms with Crippen molar-refractivity contribution in [1.29, 1.82) is 0 Å². The van der Waals surface area contributed by atoms with Crippen LogP contribution in [0.2, 0.25) is 0 Å². The Kier molecular flexibility index (Phi) is 4.14. The zero-order chi connectivity index (χ0) is 13.1. The van der Waals surface area contributed by atoms with E-state index in [9.17, 15) is 9.50 Å². The van der Waals surface area contributed by atoms with Crippen LogP contribution in [0.3, 0.4) is 0 Å². The zero-order valence-corrected chi connectivity index (χ0v) is 11.6. The fourth-order valence-electron chi connectivity index (χ4n) is 1.83. The molecule has 0 radical (unpaired) electrons. The summed E-state index contributed by atoms with van der Waals surface area (Å²) in [5, 5.41) is 14.1. The van der Waals surface area contributed by atoms with Gasteiger partial charge in [-0.25, -0.2) is 4.39 Å². The molecule has 0 aliphatic carbocycles.